The first-order valence-electron chi connectivity index (χ1n) is 8.44. The van der Waals surface area contributed by atoms with E-state index in [0.29, 0.717) is 10.6 Å². The number of hydrogen-bond acceptors (Lipinski definition) is 4. The van der Waals surface area contributed by atoms with Crippen molar-refractivity contribution in [1.29, 1.82) is 0 Å². The van der Waals surface area contributed by atoms with Crippen LogP contribution in [0, 0.1) is 23.7 Å². The van der Waals surface area contributed by atoms with Gasteiger partial charge in [-0.15, -0.1) is 0 Å². The highest BCUT2D eigenvalue weighted by Gasteiger charge is 2.63. The smallest absolute Gasteiger partial charge is 0.335 e. The number of fused-ring (bicyclic) bond motifs is 1. The Morgan fingerprint density at radius 1 is 1.29 bits per heavy atom. The Hall–Kier alpha value is -1.81. The molecule has 4 nitrogen and oxygen atoms in total. The fraction of sp³-hybridized carbons (Fsp3) is 0.474. The van der Waals surface area contributed by atoms with Crippen molar-refractivity contribution in [3.63, 3.8) is 0 Å². The number of carbonyl (C=O) groups excluding carboxylic acids is 2. The van der Waals surface area contributed by atoms with E-state index in [1.165, 1.54) is 0 Å². The Labute approximate surface area is 145 Å². The summed E-state index contributed by atoms with van der Waals surface area (Å²) in [6, 6.07) is 9.41. The third-order valence-electron chi connectivity index (χ3n) is 5.58. The summed E-state index contributed by atoms with van der Waals surface area (Å²) in [5.74, 6) is -0.192. The quantitative estimate of drug-likeness (QED) is 0.619. The van der Waals surface area contributed by atoms with Crippen molar-refractivity contribution in [2.75, 3.05) is 6.61 Å². The van der Waals surface area contributed by atoms with Gasteiger partial charge in [0.05, 0.1) is 23.1 Å². The van der Waals surface area contributed by atoms with Crippen molar-refractivity contribution < 1.29 is 19.1 Å². The molecule has 4 rings (SSSR count). The van der Waals surface area contributed by atoms with Crippen LogP contribution in [0.5, 0.6) is 0 Å². The Balaban J connectivity index is 1.77. The average Bonchev–Trinajstić information content (AvgIpc) is 3.20. The van der Waals surface area contributed by atoms with Crippen LogP contribution in [0.4, 0.5) is 0 Å². The molecule has 0 unspecified atom stereocenters. The van der Waals surface area contributed by atoms with Crippen LogP contribution in [0.3, 0.4) is 0 Å². The van der Waals surface area contributed by atoms with Crippen LogP contribution in [-0.2, 0) is 19.1 Å². The number of ether oxygens (including phenoxy) is 2. The highest BCUT2D eigenvalue weighted by Crippen LogP contribution is 2.60. The Kier molecular flexibility index (Phi) is 3.87. The van der Waals surface area contributed by atoms with Crippen molar-refractivity contribution >= 4 is 28.6 Å². The second-order valence-electron chi connectivity index (χ2n) is 6.74. The zero-order valence-electron chi connectivity index (χ0n) is 13.4. The van der Waals surface area contributed by atoms with Gasteiger partial charge in [-0.1, -0.05) is 41.9 Å². The van der Waals surface area contributed by atoms with Crippen molar-refractivity contribution in [3.8, 4) is 0 Å². The van der Waals surface area contributed by atoms with E-state index in [2.05, 4.69) is 0 Å². The molecular formula is C19H19ClO4. The summed E-state index contributed by atoms with van der Waals surface area (Å²) in [5, 5.41) is 0.408. The van der Waals surface area contributed by atoms with E-state index in [1.807, 2.05) is 30.3 Å². The van der Waals surface area contributed by atoms with Crippen molar-refractivity contribution in [2.24, 2.45) is 23.7 Å². The molecule has 0 N–H and O–H groups in total. The van der Waals surface area contributed by atoms with Gasteiger partial charge in [0.2, 0.25) is 0 Å². The maximum atomic E-state index is 12.7. The lowest BCUT2D eigenvalue weighted by Gasteiger charge is -2.27. The average molecular weight is 347 g/mol. The highest BCUT2D eigenvalue weighted by molar-refractivity contribution is 6.51. The van der Waals surface area contributed by atoms with Gasteiger partial charge in [0.25, 0.3) is 0 Å². The van der Waals surface area contributed by atoms with Gasteiger partial charge in [-0.05, 0) is 31.2 Å². The van der Waals surface area contributed by atoms with Gasteiger partial charge in [-0.2, -0.15) is 0 Å². The van der Waals surface area contributed by atoms with E-state index in [9.17, 15) is 9.59 Å². The lowest BCUT2D eigenvalue weighted by molar-refractivity contribution is -0.145. The van der Waals surface area contributed by atoms with Gasteiger partial charge in [0, 0.05) is 11.8 Å². The molecule has 5 heteroatoms. The van der Waals surface area contributed by atoms with Gasteiger partial charge in [-0.25, -0.2) is 4.79 Å². The normalized spacial score (nSPS) is 34.1. The Morgan fingerprint density at radius 3 is 2.75 bits per heavy atom. The second kappa shape index (κ2) is 5.92. The molecule has 3 aliphatic rings. The highest BCUT2D eigenvalue weighted by atomic mass is 35.5. The van der Waals surface area contributed by atoms with Crippen molar-refractivity contribution in [1.82, 2.24) is 0 Å². The molecule has 1 aliphatic heterocycles. The van der Waals surface area contributed by atoms with E-state index < -0.39 is 5.97 Å². The lowest BCUT2D eigenvalue weighted by Crippen LogP contribution is -2.32. The Morgan fingerprint density at radius 2 is 2.04 bits per heavy atom. The molecule has 0 amide bonds. The molecule has 0 spiro atoms. The third-order valence-corrected chi connectivity index (χ3v) is 6.00. The third kappa shape index (κ3) is 2.27. The van der Waals surface area contributed by atoms with E-state index >= 15 is 0 Å². The molecule has 2 saturated carbocycles. The molecule has 0 radical (unpaired) electrons. The monoisotopic (exact) mass is 346 g/mol. The fourth-order valence-electron chi connectivity index (χ4n) is 4.68. The van der Waals surface area contributed by atoms with Crippen LogP contribution in [0.1, 0.15) is 25.3 Å². The molecule has 5 atom stereocenters. The number of carbonyl (C=O) groups is 2. The summed E-state index contributed by atoms with van der Waals surface area (Å²) < 4.78 is 10.9. The first-order chi connectivity index (χ1) is 11.6. The van der Waals surface area contributed by atoms with Crippen molar-refractivity contribution in [2.45, 2.75) is 25.9 Å². The molecule has 2 bridgehead atoms. The zero-order chi connectivity index (χ0) is 16.8. The number of rotatable bonds is 4. The maximum Gasteiger partial charge on any atom is 0.335 e. The SMILES string of the molecule is CCOC(=O)/C(=C(\Cl)c1ccccc1)[C@@H]1[C@@H]2C[C@@H]3[C@H]1OC(=O)[C@@H]3C2. The number of hydrogen-bond donors (Lipinski definition) is 0. The topological polar surface area (TPSA) is 52.6 Å². The van der Waals surface area contributed by atoms with E-state index in [-0.39, 0.29) is 42.4 Å². The minimum atomic E-state index is -0.400. The molecule has 1 aromatic rings. The summed E-state index contributed by atoms with van der Waals surface area (Å²) in [5.41, 5.74) is 1.25. The van der Waals surface area contributed by atoms with Crippen molar-refractivity contribution in [3.05, 3.63) is 41.5 Å². The molecule has 0 aromatic heterocycles. The summed E-state index contributed by atoms with van der Waals surface area (Å²) in [6.07, 6.45) is 1.47. The van der Waals surface area contributed by atoms with Gasteiger partial charge in [0.1, 0.15) is 6.10 Å². The number of esters is 2. The first-order valence-corrected chi connectivity index (χ1v) is 8.82. The predicted molar refractivity (Wildman–Crippen MR) is 88.9 cm³/mol. The van der Waals surface area contributed by atoms with Gasteiger partial charge < -0.3 is 9.47 Å². The largest absolute Gasteiger partial charge is 0.463 e. The fourth-order valence-corrected chi connectivity index (χ4v) is 5.01. The van der Waals surface area contributed by atoms with Crippen LogP contribution in [0.2, 0.25) is 0 Å². The summed E-state index contributed by atoms with van der Waals surface area (Å²) in [6.45, 7) is 2.06. The molecule has 24 heavy (non-hydrogen) atoms. The molecule has 1 heterocycles. The molecular weight excluding hydrogens is 328 g/mol. The molecule has 1 saturated heterocycles. The van der Waals surface area contributed by atoms with E-state index in [4.69, 9.17) is 21.1 Å². The number of benzene rings is 1. The number of halogens is 1. The first kappa shape index (κ1) is 15.7. The summed E-state index contributed by atoms with van der Waals surface area (Å²) in [7, 11) is 0. The predicted octanol–water partition coefficient (Wildman–Crippen LogP) is 3.40. The van der Waals surface area contributed by atoms with Gasteiger partial charge >= 0.3 is 11.9 Å². The van der Waals surface area contributed by atoms with Crippen LogP contribution in [0.25, 0.3) is 5.03 Å². The standard InChI is InChI=1S/C19H19ClO4/c1-2-23-19(22)15(16(20)10-6-4-3-5-7-10)14-11-8-12-13(9-11)18(21)24-17(12)14/h3-7,11-14,17H,2,8-9H2,1H3/b16-15-/t11-,12+,13-,14+,17-/m1/s1. The van der Waals surface area contributed by atoms with Crippen LogP contribution < -0.4 is 0 Å². The minimum absolute atomic E-state index is 0.00944. The minimum Gasteiger partial charge on any atom is -0.463 e. The van der Waals surface area contributed by atoms with E-state index in [0.717, 1.165) is 18.4 Å². The molecule has 2 aliphatic carbocycles. The Bertz CT molecular complexity index is 711. The van der Waals surface area contributed by atoms with E-state index in [1.54, 1.807) is 6.92 Å². The van der Waals surface area contributed by atoms with Gasteiger partial charge in [-0.3, -0.25) is 4.79 Å². The van der Waals surface area contributed by atoms with Crippen LogP contribution in [0.15, 0.2) is 35.9 Å². The van der Waals surface area contributed by atoms with Gasteiger partial charge in [0.15, 0.2) is 0 Å². The molecule has 126 valence electrons. The summed E-state index contributed by atoms with van der Waals surface area (Å²) in [4.78, 5) is 24.7. The van der Waals surface area contributed by atoms with Crippen LogP contribution in [-0.4, -0.2) is 24.6 Å². The lowest BCUT2D eigenvalue weighted by atomic mass is 9.77. The molecule has 3 fully saturated rings. The second-order valence-corrected chi connectivity index (χ2v) is 7.12. The summed E-state index contributed by atoms with van der Waals surface area (Å²) >= 11 is 6.63. The molecule has 1 aromatic carbocycles. The van der Waals surface area contributed by atoms with Crippen LogP contribution >= 0.6 is 11.6 Å². The maximum absolute atomic E-state index is 12.7. The zero-order valence-corrected chi connectivity index (χ0v) is 14.2.